The second-order valence-electron chi connectivity index (χ2n) is 3.92. The number of nitrogens with zero attached hydrogens (tertiary/aromatic N) is 3. The lowest BCUT2D eigenvalue weighted by Gasteiger charge is -2.19. The molecule has 5 heteroatoms. The molecule has 5 nitrogen and oxygen atoms in total. The Morgan fingerprint density at radius 2 is 2.47 bits per heavy atom. The molecule has 82 valence electrons. The topological polar surface area (TPSA) is 68.0 Å². The first kappa shape index (κ1) is 10.1. The van der Waals surface area contributed by atoms with Gasteiger partial charge in [-0.25, -0.2) is 4.68 Å². The average molecular weight is 209 g/mol. The SMILES string of the molecule is CCn1nnc2c1CCCC2CC(=O)O. The third-order valence-electron chi connectivity index (χ3n) is 2.94. The maximum atomic E-state index is 10.7. The van der Waals surface area contributed by atoms with Gasteiger partial charge in [-0.05, 0) is 26.2 Å². The number of aliphatic carboxylic acids is 1. The lowest BCUT2D eigenvalue weighted by Crippen LogP contribution is -2.15. The summed E-state index contributed by atoms with van der Waals surface area (Å²) in [6.45, 7) is 2.83. The smallest absolute Gasteiger partial charge is 0.304 e. The second kappa shape index (κ2) is 4.00. The lowest BCUT2D eigenvalue weighted by molar-refractivity contribution is -0.137. The molecule has 0 fully saturated rings. The Labute approximate surface area is 88.1 Å². The van der Waals surface area contributed by atoms with E-state index in [2.05, 4.69) is 10.3 Å². The summed E-state index contributed by atoms with van der Waals surface area (Å²) in [4.78, 5) is 10.7. The van der Waals surface area contributed by atoms with E-state index < -0.39 is 5.97 Å². The van der Waals surface area contributed by atoms with Crippen molar-refractivity contribution < 1.29 is 9.90 Å². The Morgan fingerprint density at radius 3 is 3.13 bits per heavy atom. The van der Waals surface area contributed by atoms with E-state index in [-0.39, 0.29) is 12.3 Å². The molecule has 2 rings (SSSR count). The molecule has 1 aromatic rings. The Bertz CT molecular complexity index is 373. The van der Waals surface area contributed by atoms with Gasteiger partial charge in [-0.1, -0.05) is 5.21 Å². The minimum Gasteiger partial charge on any atom is -0.481 e. The normalized spacial score (nSPS) is 19.9. The van der Waals surface area contributed by atoms with Gasteiger partial charge in [-0.15, -0.1) is 5.10 Å². The zero-order valence-corrected chi connectivity index (χ0v) is 8.81. The molecule has 0 spiro atoms. The number of fused-ring (bicyclic) bond motifs is 1. The molecule has 0 saturated carbocycles. The molecule has 0 amide bonds. The molecule has 0 bridgehead atoms. The maximum Gasteiger partial charge on any atom is 0.304 e. The maximum absolute atomic E-state index is 10.7. The first-order valence-electron chi connectivity index (χ1n) is 5.36. The van der Waals surface area contributed by atoms with Crippen LogP contribution in [0.2, 0.25) is 0 Å². The van der Waals surface area contributed by atoms with E-state index in [4.69, 9.17) is 5.11 Å². The second-order valence-corrected chi connectivity index (χ2v) is 3.92. The number of carboxylic acid groups (broad SMARTS) is 1. The van der Waals surface area contributed by atoms with Gasteiger partial charge in [0.2, 0.25) is 0 Å². The summed E-state index contributed by atoms with van der Waals surface area (Å²) in [5.74, 6) is -0.689. The van der Waals surface area contributed by atoms with Crippen molar-refractivity contribution in [1.82, 2.24) is 15.0 Å². The van der Waals surface area contributed by atoms with Crippen LogP contribution < -0.4 is 0 Å². The monoisotopic (exact) mass is 209 g/mol. The summed E-state index contributed by atoms with van der Waals surface area (Å²) in [5, 5.41) is 17.0. The van der Waals surface area contributed by atoms with Crippen LogP contribution in [0.1, 0.15) is 43.5 Å². The standard InChI is InChI=1S/C10H15N3O2/c1-2-13-8-5-3-4-7(6-9(14)15)10(8)11-12-13/h7H,2-6H2,1H3,(H,14,15). The summed E-state index contributed by atoms with van der Waals surface area (Å²) in [6, 6.07) is 0. The van der Waals surface area contributed by atoms with Crippen LogP contribution in [-0.2, 0) is 17.8 Å². The quantitative estimate of drug-likeness (QED) is 0.812. The molecule has 1 aromatic heterocycles. The first-order valence-corrected chi connectivity index (χ1v) is 5.36. The highest BCUT2D eigenvalue weighted by molar-refractivity contribution is 5.68. The van der Waals surface area contributed by atoms with Gasteiger partial charge < -0.3 is 5.11 Å². The minimum atomic E-state index is -0.751. The number of hydrogen-bond acceptors (Lipinski definition) is 3. The molecule has 1 atom stereocenters. The number of aromatic nitrogens is 3. The number of carbonyl (C=O) groups is 1. The Balaban J connectivity index is 2.26. The van der Waals surface area contributed by atoms with Crippen molar-refractivity contribution in [1.29, 1.82) is 0 Å². The van der Waals surface area contributed by atoms with Crippen LogP contribution in [0.15, 0.2) is 0 Å². The number of rotatable bonds is 3. The van der Waals surface area contributed by atoms with E-state index in [9.17, 15) is 4.79 Å². The van der Waals surface area contributed by atoms with Crippen LogP contribution in [0.25, 0.3) is 0 Å². The zero-order valence-electron chi connectivity index (χ0n) is 8.81. The average Bonchev–Trinajstić information content (AvgIpc) is 2.61. The van der Waals surface area contributed by atoms with Crippen molar-refractivity contribution in [3.63, 3.8) is 0 Å². The van der Waals surface area contributed by atoms with Gasteiger partial charge >= 0.3 is 5.97 Å². The number of carboxylic acids is 1. The van der Waals surface area contributed by atoms with Crippen molar-refractivity contribution in [3.8, 4) is 0 Å². The van der Waals surface area contributed by atoms with Gasteiger partial charge in [0.05, 0.1) is 17.8 Å². The molecule has 1 aliphatic rings. The molecular formula is C10H15N3O2. The minimum absolute atomic E-state index is 0.0616. The molecule has 1 N–H and O–H groups in total. The molecular weight excluding hydrogens is 194 g/mol. The van der Waals surface area contributed by atoms with E-state index in [1.165, 1.54) is 0 Å². The molecule has 0 saturated heterocycles. The molecule has 0 radical (unpaired) electrons. The third-order valence-corrected chi connectivity index (χ3v) is 2.94. The van der Waals surface area contributed by atoms with Gasteiger partial charge in [-0.2, -0.15) is 0 Å². The predicted octanol–water partition coefficient (Wildman–Crippen LogP) is 1.19. The van der Waals surface area contributed by atoms with Crippen LogP contribution >= 0.6 is 0 Å². The van der Waals surface area contributed by atoms with E-state index in [1.54, 1.807) is 0 Å². The molecule has 0 aliphatic heterocycles. The predicted molar refractivity (Wildman–Crippen MR) is 53.6 cm³/mol. The summed E-state index contributed by atoms with van der Waals surface area (Å²) in [5.41, 5.74) is 2.04. The van der Waals surface area contributed by atoms with Crippen molar-refractivity contribution >= 4 is 5.97 Å². The van der Waals surface area contributed by atoms with Crippen LogP contribution in [0.3, 0.4) is 0 Å². The van der Waals surface area contributed by atoms with Crippen molar-refractivity contribution in [2.45, 2.75) is 45.1 Å². The molecule has 0 aromatic carbocycles. The number of aryl methyl sites for hydroxylation is 1. The fourth-order valence-electron chi connectivity index (χ4n) is 2.24. The van der Waals surface area contributed by atoms with E-state index in [0.29, 0.717) is 0 Å². The molecule has 1 heterocycles. The van der Waals surface area contributed by atoms with Crippen LogP contribution in [0, 0.1) is 0 Å². The Hall–Kier alpha value is -1.39. The molecule has 1 aliphatic carbocycles. The molecule has 1 unspecified atom stereocenters. The zero-order chi connectivity index (χ0) is 10.8. The van der Waals surface area contributed by atoms with Gasteiger partial charge in [-0.3, -0.25) is 4.79 Å². The van der Waals surface area contributed by atoms with Crippen LogP contribution in [0.5, 0.6) is 0 Å². The summed E-state index contributed by atoms with van der Waals surface area (Å²) < 4.78 is 1.88. The van der Waals surface area contributed by atoms with Gasteiger partial charge in [0.25, 0.3) is 0 Å². The van der Waals surface area contributed by atoms with Crippen LogP contribution in [-0.4, -0.2) is 26.1 Å². The van der Waals surface area contributed by atoms with E-state index >= 15 is 0 Å². The highest BCUT2D eigenvalue weighted by atomic mass is 16.4. The van der Waals surface area contributed by atoms with Crippen molar-refractivity contribution in [2.24, 2.45) is 0 Å². The fraction of sp³-hybridized carbons (Fsp3) is 0.700. The summed E-state index contributed by atoms with van der Waals surface area (Å²) in [7, 11) is 0. The van der Waals surface area contributed by atoms with Crippen LogP contribution in [0.4, 0.5) is 0 Å². The third kappa shape index (κ3) is 1.86. The Morgan fingerprint density at radius 1 is 1.67 bits per heavy atom. The van der Waals surface area contributed by atoms with Gasteiger partial charge in [0, 0.05) is 12.5 Å². The Kier molecular flexibility index (Phi) is 2.70. The van der Waals surface area contributed by atoms with E-state index in [0.717, 1.165) is 37.2 Å². The van der Waals surface area contributed by atoms with E-state index in [1.807, 2.05) is 11.6 Å². The first-order chi connectivity index (χ1) is 7.22. The largest absolute Gasteiger partial charge is 0.481 e. The van der Waals surface area contributed by atoms with Crippen molar-refractivity contribution in [2.75, 3.05) is 0 Å². The van der Waals surface area contributed by atoms with Gasteiger partial charge in [0.1, 0.15) is 0 Å². The highest BCUT2D eigenvalue weighted by Crippen LogP contribution is 2.32. The van der Waals surface area contributed by atoms with Crippen molar-refractivity contribution in [3.05, 3.63) is 11.4 Å². The van der Waals surface area contributed by atoms with Gasteiger partial charge in [0.15, 0.2) is 0 Å². The summed E-state index contributed by atoms with van der Waals surface area (Å²) >= 11 is 0. The highest BCUT2D eigenvalue weighted by Gasteiger charge is 2.27. The number of hydrogen-bond donors (Lipinski definition) is 1. The molecule has 15 heavy (non-hydrogen) atoms. The lowest BCUT2D eigenvalue weighted by atomic mass is 9.87. The summed E-state index contributed by atoms with van der Waals surface area (Å²) in [6.07, 6.45) is 3.11. The fourth-order valence-corrected chi connectivity index (χ4v) is 2.24.